The molecule has 0 radical (unpaired) electrons. The molecule has 0 aromatic carbocycles. The molecule has 1 aliphatic rings. The van der Waals surface area contributed by atoms with E-state index in [0.717, 1.165) is 0 Å². The molecule has 22 heavy (non-hydrogen) atoms. The van der Waals surface area contributed by atoms with E-state index in [2.05, 4.69) is 0 Å². The van der Waals surface area contributed by atoms with Gasteiger partial charge < -0.3 is 14.2 Å². The smallest absolute Gasteiger partial charge is 0.303 e. The van der Waals surface area contributed by atoms with Gasteiger partial charge in [-0.3, -0.25) is 14.4 Å². The molecule has 0 heterocycles. The summed E-state index contributed by atoms with van der Waals surface area (Å²) in [5.74, 6) is -1.84. The summed E-state index contributed by atoms with van der Waals surface area (Å²) in [5.41, 5.74) is 0.276. The number of ether oxygens (including phenoxy) is 3. The highest BCUT2D eigenvalue weighted by Gasteiger charge is 2.44. The van der Waals surface area contributed by atoms with E-state index in [1.54, 1.807) is 0 Å². The predicted molar refractivity (Wildman–Crippen MR) is 79.7 cm³/mol. The number of carbonyl (C=O) groups excluding carboxylic acids is 3. The van der Waals surface area contributed by atoms with Crippen LogP contribution in [0.5, 0.6) is 0 Å². The van der Waals surface area contributed by atoms with Crippen LogP contribution in [0.1, 0.15) is 27.2 Å². The average Bonchev–Trinajstić information content (AvgIpc) is 2.29. The van der Waals surface area contributed by atoms with Gasteiger partial charge >= 0.3 is 17.9 Å². The molecule has 0 unspecified atom stereocenters. The molecule has 9 heteroatoms. The number of rotatable bonds is 3. The first-order chi connectivity index (χ1) is 10.0. The largest absolute Gasteiger partial charge is 0.458 e. The first-order valence-electron chi connectivity index (χ1n) is 6.30. The van der Waals surface area contributed by atoms with Crippen LogP contribution in [0, 0.1) is 0 Å². The van der Waals surface area contributed by atoms with Crippen LogP contribution < -0.4 is 0 Å². The van der Waals surface area contributed by atoms with Crippen LogP contribution in [0.15, 0.2) is 11.6 Å². The topological polar surface area (TPSA) is 78.9 Å². The maximum atomic E-state index is 11.3. The summed E-state index contributed by atoms with van der Waals surface area (Å²) in [6.45, 7) is 3.56. The highest BCUT2D eigenvalue weighted by atomic mass is 35.6. The molecule has 0 aromatic heterocycles. The summed E-state index contributed by atoms with van der Waals surface area (Å²) in [5, 5.41) is 0. The third-order valence-corrected chi connectivity index (χ3v) is 3.49. The molecule has 0 spiro atoms. The average molecular weight is 374 g/mol. The van der Waals surface area contributed by atoms with E-state index in [0.29, 0.717) is 0 Å². The lowest BCUT2D eigenvalue weighted by Gasteiger charge is -2.36. The fraction of sp³-hybridized carbons (Fsp3) is 0.615. The van der Waals surface area contributed by atoms with Gasteiger partial charge in [-0.2, -0.15) is 0 Å². The second kappa shape index (κ2) is 7.53. The van der Waals surface area contributed by atoms with E-state index in [4.69, 9.17) is 49.0 Å². The fourth-order valence-electron chi connectivity index (χ4n) is 2.07. The van der Waals surface area contributed by atoms with Crippen molar-refractivity contribution in [2.75, 3.05) is 0 Å². The summed E-state index contributed by atoms with van der Waals surface area (Å²) in [6.07, 6.45) is -1.54. The number of hydrogen-bond acceptors (Lipinski definition) is 6. The normalized spacial score (nSPS) is 25.0. The lowest BCUT2D eigenvalue weighted by Crippen LogP contribution is -2.48. The van der Waals surface area contributed by atoms with E-state index in [1.807, 2.05) is 0 Å². The first-order valence-corrected chi connectivity index (χ1v) is 7.43. The zero-order valence-electron chi connectivity index (χ0n) is 12.1. The number of hydrogen-bond donors (Lipinski definition) is 0. The Morgan fingerprint density at radius 2 is 1.50 bits per heavy atom. The van der Waals surface area contributed by atoms with Crippen LogP contribution in [-0.4, -0.2) is 40.0 Å². The number of esters is 3. The standard InChI is InChI=1S/C13H15Cl3O6/c1-6(17)20-10-4-9(13(14,15)16)5-11(21-7(2)18)12(10)22-8(3)19/h4,10-12H,5H2,1-3H3/t10-,11-,12-/m1/s1. The number of carbonyl (C=O) groups is 3. The van der Waals surface area contributed by atoms with Gasteiger partial charge in [-0.25, -0.2) is 0 Å². The Morgan fingerprint density at radius 1 is 1.00 bits per heavy atom. The minimum absolute atomic E-state index is 0.0335. The highest BCUT2D eigenvalue weighted by Crippen LogP contribution is 2.41. The van der Waals surface area contributed by atoms with Crippen LogP contribution in [-0.2, 0) is 28.6 Å². The maximum Gasteiger partial charge on any atom is 0.303 e. The summed E-state index contributed by atoms with van der Waals surface area (Å²) in [7, 11) is 0. The quantitative estimate of drug-likeness (QED) is 0.327. The third-order valence-electron chi connectivity index (χ3n) is 2.76. The van der Waals surface area contributed by atoms with Crippen molar-refractivity contribution in [1.29, 1.82) is 0 Å². The van der Waals surface area contributed by atoms with Crippen molar-refractivity contribution in [2.45, 2.75) is 49.3 Å². The van der Waals surface area contributed by atoms with Crippen LogP contribution in [0.25, 0.3) is 0 Å². The molecule has 1 rings (SSSR count). The number of halogens is 3. The van der Waals surface area contributed by atoms with Crippen molar-refractivity contribution in [3.63, 3.8) is 0 Å². The second-order valence-corrected chi connectivity index (χ2v) is 6.97. The van der Waals surface area contributed by atoms with Gasteiger partial charge in [0.15, 0.2) is 12.2 Å². The highest BCUT2D eigenvalue weighted by molar-refractivity contribution is 6.69. The SMILES string of the molecule is CC(=O)O[C@@H]1[C@H](OC(C)=O)C=C(C(Cl)(Cl)Cl)C[C@H]1OC(C)=O. The first kappa shape index (κ1) is 19.1. The van der Waals surface area contributed by atoms with E-state index < -0.39 is 40.0 Å². The molecule has 6 nitrogen and oxygen atoms in total. The maximum absolute atomic E-state index is 11.3. The molecule has 0 saturated carbocycles. The molecule has 0 bridgehead atoms. The number of alkyl halides is 3. The Labute approximate surface area is 142 Å². The Morgan fingerprint density at radius 3 is 1.91 bits per heavy atom. The molecular weight excluding hydrogens is 358 g/mol. The molecule has 0 fully saturated rings. The summed E-state index contributed by atoms with van der Waals surface area (Å²) >= 11 is 17.5. The van der Waals surface area contributed by atoms with Gasteiger partial charge in [-0.05, 0) is 11.6 Å². The van der Waals surface area contributed by atoms with E-state index in [1.165, 1.54) is 26.8 Å². The monoisotopic (exact) mass is 372 g/mol. The molecule has 124 valence electrons. The van der Waals surface area contributed by atoms with Crippen molar-refractivity contribution < 1.29 is 28.6 Å². The van der Waals surface area contributed by atoms with Gasteiger partial charge in [0.2, 0.25) is 3.79 Å². The van der Waals surface area contributed by atoms with Gasteiger partial charge in [0.05, 0.1) is 0 Å². The molecule has 0 N–H and O–H groups in total. The Hall–Kier alpha value is -0.980. The molecule has 0 saturated heterocycles. The summed E-state index contributed by atoms with van der Waals surface area (Å²) in [6, 6.07) is 0. The minimum Gasteiger partial charge on any atom is -0.458 e. The van der Waals surface area contributed by atoms with Crippen LogP contribution in [0.2, 0.25) is 0 Å². The van der Waals surface area contributed by atoms with Crippen molar-refractivity contribution >= 4 is 52.7 Å². The fourth-order valence-corrected chi connectivity index (χ4v) is 2.49. The van der Waals surface area contributed by atoms with Gasteiger partial charge in [0.1, 0.15) is 6.10 Å². The van der Waals surface area contributed by atoms with E-state index in [-0.39, 0.29) is 12.0 Å². The summed E-state index contributed by atoms with van der Waals surface area (Å²) in [4.78, 5) is 33.7. The van der Waals surface area contributed by atoms with Gasteiger partial charge in [0, 0.05) is 27.2 Å². The zero-order valence-corrected chi connectivity index (χ0v) is 14.4. The van der Waals surface area contributed by atoms with Crippen molar-refractivity contribution in [2.24, 2.45) is 0 Å². The second-order valence-electron chi connectivity index (χ2n) is 4.69. The van der Waals surface area contributed by atoms with E-state index in [9.17, 15) is 14.4 Å². The molecule has 1 aliphatic carbocycles. The Bertz CT molecular complexity index is 496. The zero-order chi connectivity index (χ0) is 17.1. The molecule has 0 amide bonds. The lowest BCUT2D eigenvalue weighted by molar-refractivity contribution is -0.180. The third kappa shape index (κ3) is 5.66. The van der Waals surface area contributed by atoms with E-state index >= 15 is 0 Å². The molecular formula is C13H15Cl3O6. The predicted octanol–water partition coefficient (Wildman–Crippen LogP) is 2.48. The Balaban J connectivity index is 3.19. The van der Waals surface area contributed by atoms with Gasteiger partial charge in [0.25, 0.3) is 0 Å². The molecule has 0 aromatic rings. The summed E-state index contributed by atoms with van der Waals surface area (Å²) < 4.78 is 13.5. The minimum atomic E-state index is -1.77. The van der Waals surface area contributed by atoms with Crippen molar-refractivity contribution in [3.8, 4) is 0 Å². The van der Waals surface area contributed by atoms with Crippen molar-refractivity contribution in [3.05, 3.63) is 11.6 Å². The Kier molecular flexibility index (Phi) is 6.52. The molecule has 0 aliphatic heterocycles. The van der Waals surface area contributed by atoms with Crippen LogP contribution in [0.3, 0.4) is 0 Å². The van der Waals surface area contributed by atoms with Crippen LogP contribution in [0.4, 0.5) is 0 Å². The van der Waals surface area contributed by atoms with Gasteiger partial charge in [-0.15, -0.1) is 0 Å². The van der Waals surface area contributed by atoms with Gasteiger partial charge in [-0.1, -0.05) is 34.8 Å². The lowest BCUT2D eigenvalue weighted by atomic mass is 9.92. The van der Waals surface area contributed by atoms with Crippen LogP contribution >= 0.6 is 34.8 Å². The molecule has 3 atom stereocenters. The van der Waals surface area contributed by atoms with Crippen molar-refractivity contribution in [1.82, 2.24) is 0 Å².